The summed E-state index contributed by atoms with van der Waals surface area (Å²) in [6.45, 7) is 0. The largest absolute Gasteiger partial charge is 0.351 e. The third-order valence-electron chi connectivity index (χ3n) is 10.6. The van der Waals surface area contributed by atoms with Gasteiger partial charge in [0.15, 0.2) is 25.7 Å². The number of aromatic nitrogens is 3. The molecule has 0 radical (unpaired) electrons. The molecule has 11 nitrogen and oxygen atoms in total. The molecule has 2 N–H and O–H groups in total. The second-order valence-electron chi connectivity index (χ2n) is 14.4. The van der Waals surface area contributed by atoms with Gasteiger partial charge >= 0.3 is 0 Å². The van der Waals surface area contributed by atoms with E-state index >= 15 is 4.39 Å². The van der Waals surface area contributed by atoms with Crippen molar-refractivity contribution >= 4 is 48.0 Å². The Morgan fingerprint density at radius 1 is 0.961 bits per heavy atom. The molecule has 1 spiro atoms. The molecular formula is C34H36F3N7O4S3. The summed E-state index contributed by atoms with van der Waals surface area (Å²) in [5.41, 5.74) is 0.0319. The summed E-state index contributed by atoms with van der Waals surface area (Å²) in [5.74, 6) is -2.82. The number of fused-ring (bicyclic) bond motifs is 2. The van der Waals surface area contributed by atoms with E-state index in [2.05, 4.69) is 34.2 Å². The molecule has 1 aliphatic carbocycles. The lowest BCUT2D eigenvalue weighted by atomic mass is 9.67. The number of nitrogens with zero attached hydrogens (tertiary/aromatic N) is 5. The molecule has 2 aromatic heterocycles. The van der Waals surface area contributed by atoms with Crippen molar-refractivity contribution in [1.29, 1.82) is 0 Å². The molecule has 270 valence electrons. The molecule has 17 heteroatoms. The fourth-order valence-corrected chi connectivity index (χ4v) is 13.0. The Labute approximate surface area is 298 Å². The van der Waals surface area contributed by atoms with E-state index in [1.54, 1.807) is 12.3 Å². The summed E-state index contributed by atoms with van der Waals surface area (Å²) >= 11 is 1.37. The topological polar surface area (TPSA) is 137 Å². The van der Waals surface area contributed by atoms with Crippen molar-refractivity contribution in [2.45, 2.75) is 67.6 Å². The van der Waals surface area contributed by atoms with Gasteiger partial charge in [-0.2, -0.15) is 0 Å². The molecule has 2 bridgehead atoms. The van der Waals surface area contributed by atoms with Gasteiger partial charge < -0.3 is 15.1 Å². The standard InChI is InChI=1S/C34H36F3N7O4S3/c1-43(2)22-13-20-9-10-21(14-22)44(20)33-41-29(23-5-3-8-26(28(23)37)42-51(47,48)31-24(35)6-4-7-25(31)36)30(49-33)27-11-12-38-32(40-27)39-19-15-34(16-19)17-50(45,46)18-34/h3-8,11-12,19-22,42H,9-10,13-18H2,1-2H3,(H,38,39,40). The maximum Gasteiger partial charge on any atom is 0.267 e. The molecule has 0 amide bonds. The number of hydrogen-bond acceptors (Lipinski definition) is 11. The van der Waals surface area contributed by atoms with Gasteiger partial charge in [-0.1, -0.05) is 23.5 Å². The first-order valence-electron chi connectivity index (χ1n) is 16.7. The van der Waals surface area contributed by atoms with Crippen LogP contribution in [0.2, 0.25) is 0 Å². The van der Waals surface area contributed by atoms with Crippen molar-refractivity contribution in [3.05, 3.63) is 66.1 Å². The minimum atomic E-state index is -4.85. The fraction of sp³-hybridized carbons (Fsp3) is 0.441. The predicted octanol–water partition coefficient (Wildman–Crippen LogP) is 5.54. The van der Waals surface area contributed by atoms with Gasteiger partial charge in [-0.3, -0.25) is 4.72 Å². The van der Waals surface area contributed by atoms with E-state index in [-0.39, 0.29) is 46.3 Å². The smallest absolute Gasteiger partial charge is 0.267 e. The number of sulfonamides is 1. The van der Waals surface area contributed by atoms with Crippen LogP contribution in [0.4, 0.5) is 29.9 Å². The van der Waals surface area contributed by atoms with E-state index in [4.69, 9.17) is 9.97 Å². The lowest BCUT2D eigenvalue weighted by Gasteiger charge is -2.53. The van der Waals surface area contributed by atoms with Crippen LogP contribution in [-0.2, 0) is 19.9 Å². The van der Waals surface area contributed by atoms with Gasteiger partial charge in [0.25, 0.3) is 10.0 Å². The van der Waals surface area contributed by atoms with Crippen LogP contribution in [0.25, 0.3) is 21.8 Å². The van der Waals surface area contributed by atoms with Gasteiger partial charge in [-0.05, 0) is 83.0 Å². The van der Waals surface area contributed by atoms with Crippen molar-refractivity contribution in [3.8, 4) is 21.8 Å². The highest BCUT2D eigenvalue weighted by molar-refractivity contribution is 7.93. The molecule has 4 aromatic rings. The number of piperidine rings is 1. The van der Waals surface area contributed by atoms with Gasteiger partial charge in [0.1, 0.15) is 11.6 Å². The zero-order valence-electron chi connectivity index (χ0n) is 27.8. The molecule has 5 heterocycles. The van der Waals surface area contributed by atoms with Gasteiger partial charge in [0.2, 0.25) is 5.95 Å². The Balaban J connectivity index is 1.15. The van der Waals surface area contributed by atoms with Crippen LogP contribution in [0.5, 0.6) is 0 Å². The van der Waals surface area contributed by atoms with Gasteiger partial charge in [-0.15, -0.1) is 0 Å². The zero-order chi connectivity index (χ0) is 35.9. The van der Waals surface area contributed by atoms with Crippen molar-refractivity contribution in [2.24, 2.45) is 5.41 Å². The van der Waals surface area contributed by atoms with Crippen LogP contribution in [0.15, 0.2) is 53.6 Å². The first-order chi connectivity index (χ1) is 24.2. The molecule has 8 rings (SSSR count). The molecule has 3 aliphatic heterocycles. The van der Waals surface area contributed by atoms with E-state index in [1.807, 2.05) is 4.72 Å². The first kappa shape index (κ1) is 34.3. The molecule has 2 atom stereocenters. The van der Waals surface area contributed by atoms with Gasteiger partial charge in [0, 0.05) is 41.3 Å². The molecule has 2 unspecified atom stereocenters. The second kappa shape index (κ2) is 12.4. The van der Waals surface area contributed by atoms with Crippen molar-refractivity contribution in [3.63, 3.8) is 0 Å². The number of nitrogens with one attached hydrogen (secondary N) is 2. The third kappa shape index (κ3) is 6.25. The summed E-state index contributed by atoms with van der Waals surface area (Å²) in [6, 6.07) is 9.40. The maximum atomic E-state index is 16.5. The third-order valence-corrected chi connectivity index (χ3v) is 15.2. The number of sulfone groups is 1. The Hall–Kier alpha value is -3.80. The van der Waals surface area contributed by atoms with Crippen molar-refractivity contribution in [1.82, 2.24) is 19.9 Å². The number of halogens is 3. The molecule has 2 aromatic carbocycles. The van der Waals surface area contributed by atoms with E-state index in [0.29, 0.717) is 40.5 Å². The summed E-state index contributed by atoms with van der Waals surface area (Å²) in [5, 5.41) is 4.02. The van der Waals surface area contributed by atoms with Crippen molar-refractivity contribution in [2.75, 3.05) is 40.5 Å². The monoisotopic (exact) mass is 759 g/mol. The Morgan fingerprint density at radius 2 is 1.63 bits per heavy atom. The van der Waals surface area contributed by atoms with Crippen LogP contribution in [-0.4, -0.2) is 86.5 Å². The molecule has 4 fully saturated rings. The van der Waals surface area contributed by atoms with E-state index in [0.717, 1.165) is 43.9 Å². The molecule has 3 saturated heterocycles. The average Bonchev–Trinajstić information content (AvgIpc) is 3.57. The molecule has 1 saturated carbocycles. The molecular weight excluding hydrogens is 724 g/mol. The van der Waals surface area contributed by atoms with Gasteiger partial charge in [-0.25, -0.2) is 45.0 Å². The summed E-state index contributed by atoms with van der Waals surface area (Å²) in [7, 11) is -3.62. The lowest BCUT2D eigenvalue weighted by Crippen LogP contribution is -2.60. The average molecular weight is 760 g/mol. The summed E-state index contributed by atoms with van der Waals surface area (Å²) in [6.07, 6.45) is 6.91. The highest BCUT2D eigenvalue weighted by Crippen LogP contribution is 2.51. The van der Waals surface area contributed by atoms with Crippen LogP contribution in [0.1, 0.15) is 38.5 Å². The normalized spacial score (nSPS) is 23.6. The minimum absolute atomic E-state index is 0.0160. The molecule has 51 heavy (non-hydrogen) atoms. The van der Waals surface area contributed by atoms with Crippen LogP contribution in [0.3, 0.4) is 0 Å². The van der Waals surface area contributed by atoms with E-state index < -0.39 is 47.9 Å². The highest BCUT2D eigenvalue weighted by atomic mass is 32.2. The van der Waals surface area contributed by atoms with Crippen LogP contribution >= 0.6 is 11.3 Å². The summed E-state index contributed by atoms with van der Waals surface area (Å²) < 4.78 is 97.2. The SMILES string of the molecule is CN(C)C1CC2CCC(C1)N2c1nc(-c2cccc(NS(=O)(=O)c3c(F)cccc3F)c2F)c(-c2ccnc(NC3CC4(C3)CS(=O)(=O)C4)n2)s1. The maximum absolute atomic E-state index is 16.5. The number of thiazole rings is 1. The van der Waals surface area contributed by atoms with Crippen molar-refractivity contribution < 1.29 is 30.0 Å². The number of rotatable bonds is 9. The Kier molecular flexibility index (Phi) is 8.35. The van der Waals surface area contributed by atoms with E-state index in [9.17, 15) is 25.6 Å². The van der Waals surface area contributed by atoms with Crippen LogP contribution in [0, 0.1) is 22.9 Å². The Morgan fingerprint density at radius 3 is 2.27 bits per heavy atom. The first-order valence-corrected chi connectivity index (χ1v) is 20.8. The Bertz CT molecular complexity index is 2200. The highest BCUT2D eigenvalue weighted by Gasteiger charge is 2.56. The number of hydrogen-bond donors (Lipinski definition) is 2. The van der Waals surface area contributed by atoms with E-state index in [1.165, 1.54) is 29.5 Å². The van der Waals surface area contributed by atoms with Crippen LogP contribution < -0.4 is 14.9 Å². The summed E-state index contributed by atoms with van der Waals surface area (Å²) in [4.78, 5) is 18.1. The predicted molar refractivity (Wildman–Crippen MR) is 189 cm³/mol. The lowest BCUT2D eigenvalue weighted by molar-refractivity contribution is 0.153. The second-order valence-corrected chi connectivity index (χ2v) is 19.1. The number of anilines is 3. The molecule has 4 aliphatic rings. The fourth-order valence-electron chi connectivity index (χ4n) is 8.34. The van der Waals surface area contributed by atoms with Gasteiger partial charge in [0.05, 0.1) is 33.5 Å². The minimum Gasteiger partial charge on any atom is -0.351 e. The zero-order valence-corrected chi connectivity index (χ0v) is 30.3. The number of benzene rings is 2. The quantitative estimate of drug-likeness (QED) is 0.224.